The van der Waals surface area contributed by atoms with Crippen LogP contribution in [-0.4, -0.2) is 0 Å². The molecule has 1 nitrogen and oxygen atoms in total. The van der Waals surface area contributed by atoms with Crippen LogP contribution >= 0.6 is 11.3 Å². The van der Waals surface area contributed by atoms with Crippen LogP contribution in [-0.2, 0) is 5.41 Å². The molecule has 2 heteroatoms. The number of hydrogen-bond donors (Lipinski definition) is 1. The van der Waals surface area contributed by atoms with Crippen molar-refractivity contribution in [2.24, 2.45) is 5.73 Å². The van der Waals surface area contributed by atoms with Gasteiger partial charge in [0.1, 0.15) is 0 Å². The highest BCUT2D eigenvalue weighted by Crippen LogP contribution is 2.35. The van der Waals surface area contributed by atoms with Crippen LogP contribution in [0.5, 0.6) is 0 Å². The molecule has 0 aliphatic heterocycles. The van der Waals surface area contributed by atoms with E-state index in [0.717, 1.165) is 11.3 Å². The minimum Gasteiger partial charge on any atom is -0.398 e. The van der Waals surface area contributed by atoms with E-state index in [1.54, 1.807) is 0 Å². The van der Waals surface area contributed by atoms with Crippen molar-refractivity contribution < 1.29 is 0 Å². The molecule has 1 aliphatic rings. The van der Waals surface area contributed by atoms with Gasteiger partial charge in [-0.25, -0.2) is 0 Å². The second kappa shape index (κ2) is 6.54. The minimum absolute atomic E-state index is 0.118. The molecule has 0 bridgehead atoms. The second-order valence-electron chi connectivity index (χ2n) is 7.96. The van der Waals surface area contributed by atoms with Crippen LogP contribution in [0.1, 0.15) is 36.1 Å². The number of nitrogens with two attached hydrogens (primary N) is 1. The van der Waals surface area contributed by atoms with E-state index in [1.165, 1.54) is 36.9 Å². The van der Waals surface area contributed by atoms with E-state index < -0.39 is 0 Å². The molecule has 4 rings (SSSR count). The number of aryl methyl sites for hydroxylation is 2. The largest absolute Gasteiger partial charge is 0.398 e. The Morgan fingerprint density at radius 2 is 1.67 bits per heavy atom. The number of allylic oxidation sites excluding steroid dienone is 1. The first kappa shape index (κ1) is 17.8. The Morgan fingerprint density at radius 1 is 0.926 bits per heavy atom. The lowest BCUT2D eigenvalue weighted by atomic mass is 9.77. The summed E-state index contributed by atoms with van der Waals surface area (Å²) in [6, 6.07) is 17.4. The van der Waals surface area contributed by atoms with Crippen LogP contribution in [0.15, 0.2) is 54.6 Å². The molecule has 1 aliphatic carbocycles. The Morgan fingerprint density at radius 3 is 2.41 bits per heavy atom. The van der Waals surface area contributed by atoms with Gasteiger partial charge >= 0.3 is 0 Å². The summed E-state index contributed by atoms with van der Waals surface area (Å²) in [6.45, 7) is 8.91. The summed E-state index contributed by atoms with van der Waals surface area (Å²) in [5.41, 5.74) is 13.5. The number of rotatable bonds is 1. The molecule has 27 heavy (non-hydrogen) atoms. The summed E-state index contributed by atoms with van der Waals surface area (Å²) in [4.78, 5) is 1.29. The van der Waals surface area contributed by atoms with Crippen molar-refractivity contribution in [1.82, 2.24) is 0 Å². The molecule has 0 saturated carbocycles. The Kier molecular flexibility index (Phi) is 4.32. The van der Waals surface area contributed by atoms with Gasteiger partial charge in [-0.1, -0.05) is 61.9 Å². The van der Waals surface area contributed by atoms with Crippen LogP contribution < -0.4 is 15.5 Å². The quantitative estimate of drug-likeness (QED) is 0.648. The van der Waals surface area contributed by atoms with Gasteiger partial charge < -0.3 is 5.73 Å². The molecule has 136 valence electrons. The SMILES string of the molecule is Cc1cc(C)c2c(c1)/C(N)=C/C=c1/sc(-c3ccccc3)c/c1=C\C2(C)C. The highest BCUT2D eigenvalue weighted by atomic mass is 32.1. The van der Waals surface area contributed by atoms with Crippen molar-refractivity contribution >= 4 is 29.2 Å². The third kappa shape index (κ3) is 3.26. The third-order valence-corrected chi connectivity index (χ3v) is 6.38. The van der Waals surface area contributed by atoms with Gasteiger partial charge in [0, 0.05) is 26.1 Å². The fraction of sp³-hybridized carbons (Fsp3) is 0.200. The lowest BCUT2D eigenvalue weighted by molar-refractivity contribution is 0.702. The van der Waals surface area contributed by atoms with Gasteiger partial charge in [0.25, 0.3) is 0 Å². The zero-order valence-corrected chi connectivity index (χ0v) is 17.2. The minimum atomic E-state index is -0.118. The first-order chi connectivity index (χ1) is 12.8. The van der Waals surface area contributed by atoms with Crippen LogP contribution in [0, 0.1) is 13.8 Å². The molecule has 0 amide bonds. The van der Waals surface area contributed by atoms with E-state index in [-0.39, 0.29) is 5.41 Å². The Bertz CT molecular complexity index is 1160. The van der Waals surface area contributed by atoms with Crippen molar-refractivity contribution in [1.29, 1.82) is 0 Å². The smallest absolute Gasteiger partial charge is 0.0391 e. The van der Waals surface area contributed by atoms with E-state index in [2.05, 4.69) is 94.5 Å². The fourth-order valence-corrected chi connectivity index (χ4v) is 5.22. The van der Waals surface area contributed by atoms with Crippen LogP contribution in [0.2, 0.25) is 0 Å². The van der Waals surface area contributed by atoms with Crippen molar-refractivity contribution in [3.63, 3.8) is 0 Å². The molecule has 2 N–H and O–H groups in total. The normalized spacial score (nSPS) is 19.6. The molecule has 2 aromatic carbocycles. The average Bonchev–Trinajstić information content (AvgIpc) is 3.01. The number of thiophene rings is 1. The zero-order valence-electron chi connectivity index (χ0n) is 16.3. The van der Waals surface area contributed by atoms with Gasteiger partial charge in [-0.15, -0.1) is 11.3 Å². The van der Waals surface area contributed by atoms with Gasteiger partial charge in [-0.3, -0.25) is 0 Å². The third-order valence-electron chi connectivity index (χ3n) is 5.22. The molecule has 0 saturated heterocycles. The van der Waals surface area contributed by atoms with Crippen molar-refractivity contribution in [2.45, 2.75) is 33.1 Å². The molecule has 1 heterocycles. The highest BCUT2D eigenvalue weighted by Gasteiger charge is 2.25. The van der Waals surface area contributed by atoms with Crippen molar-refractivity contribution in [3.05, 3.63) is 86.6 Å². The maximum absolute atomic E-state index is 6.54. The van der Waals surface area contributed by atoms with Gasteiger partial charge in [-0.2, -0.15) is 0 Å². The van der Waals surface area contributed by atoms with Crippen LogP contribution in [0.4, 0.5) is 0 Å². The van der Waals surface area contributed by atoms with Crippen LogP contribution in [0.25, 0.3) is 28.3 Å². The molecule has 0 atom stereocenters. The predicted molar refractivity (Wildman–Crippen MR) is 119 cm³/mol. The van der Waals surface area contributed by atoms with Crippen molar-refractivity contribution in [2.75, 3.05) is 0 Å². The number of fused-ring (bicyclic) bond motifs is 2. The Hall–Kier alpha value is -2.58. The number of benzene rings is 2. The molecule has 3 aromatic rings. The maximum atomic E-state index is 6.54. The summed E-state index contributed by atoms with van der Waals surface area (Å²) in [7, 11) is 0. The summed E-state index contributed by atoms with van der Waals surface area (Å²) in [6.07, 6.45) is 6.63. The van der Waals surface area contributed by atoms with E-state index in [4.69, 9.17) is 5.73 Å². The summed E-state index contributed by atoms with van der Waals surface area (Å²) < 4.78 is 1.26. The van der Waals surface area contributed by atoms with Gasteiger partial charge in [-0.05, 0) is 60.0 Å². The molecule has 1 aromatic heterocycles. The fourth-order valence-electron chi connectivity index (χ4n) is 4.17. The number of hydrogen-bond acceptors (Lipinski definition) is 2. The van der Waals surface area contributed by atoms with Gasteiger partial charge in [0.15, 0.2) is 0 Å². The first-order valence-corrected chi connectivity index (χ1v) is 10.1. The van der Waals surface area contributed by atoms with E-state index in [0.29, 0.717) is 0 Å². The average molecular weight is 372 g/mol. The second-order valence-corrected chi connectivity index (χ2v) is 9.04. The lowest BCUT2D eigenvalue weighted by Crippen LogP contribution is -2.26. The zero-order chi connectivity index (χ0) is 19.2. The molecule has 0 unspecified atom stereocenters. The summed E-state index contributed by atoms with van der Waals surface area (Å²) >= 11 is 1.82. The molecular formula is C25H25NS. The monoisotopic (exact) mass is 371 g/mol. The first-order valence-electron chi connectivity index (χ1n) is 9.33. The molecule has 0 radical (unpaired) electrons. The Balaban J connectivity index is 2.02. The predicted octanol–water partition coefficient (Wildman–Crippen LogP) is 4.88. The van der Waals surface area contributed by atoms with Crippen molar-refractivity contribution in [3.8, 4) is 10.4 Å². The van der Waals surface area contributed by atoms with E-state index >= 15 is 0 Å². The summed E-state index contributed by atoms with van der Waals surface area (Å²) in [5.74, 6) is 0. The van der Waals surface area contributed by atoms with Gasteiger partial charge in [0.05, 0.1) is 0 Å². The maximum Gasteiger partial charge on any atom is 0.0391 e. The Labute approximate surface area is 165 Å². The highest BCUT2D eigenvalue weighted by molar-refractivity contribution is 7.13. The lowest BCUT2D eigenvalue weighted by Gasteiger charge is -2.27. The van der Waals surface area contributed by atoms with E-state index in [9.17, 15) is 0 Å². The standard InChI is InChI=1S/C25H25NS/c1-16-12-17(2)24-20(13-16)21(26)10-11-22-19(15-25(24,3)4)14-23(27-22)18-8-6-5-7-9-18/h5-15H,26H2,1-4H3/b19-15+,21-10-,22-11+. The summed E-state index contributed by atoms with van der Waals surface area (Å²) in [5, 5.41) is 1.28. The molecule has 0 spiro atoms. The van der Waals surface area contributed by atoms with Gasteiger partial charge in [0.2, 0.25) is 0 Å². The van der Waals surface area contributed by atoms with Crippen LogP contribution in [0.3, 0.4) is 0 Å². The van der Waals surface area contributed by atoms with E-state index in [1.807, 2.05) is 11.3 Å². The topological polar surface area (TPSA) is 26.0 Å². The molecule has 0 fully saturated rings. The molecular weight excluding hydrogens is 346 g/mol.